The normalized spacial score (nSPS) is 12.3. The van der Waals surface area contributed by atoms with E-state index in [9.17, 15) is 0 Å². The van der Waals surface area contributed by atoms with Gasteiger partial charge >= 0.3 is 0 Å². The van der Waals surface area contributed by atoms with Gasteiger partial charge in [0, 0.05) is 0 Å². The van der Waals surface area contributed by atoms with Gasteiger partial charge in [-0.15, -0.1) is 0 Å². The van der Waals surface area contributed by atoms with Crippen LogP contribution >= 0.6 is 0 Å². The van der Waals surface area contributed by atoms with Crippen LogP contribution in [0.1, 0.15) is 24.3 Å². The van der Waals surface area contributed by atoms with E-state index in [-0.39, 0.29) is 6.04 Å². The third-order valence-corrected chi connectivity index (χ3v) is 3.01. The Kier molecular flexibility index (Phi) is 4.42. The lowest BCUT2D eigenvalue weighted by Crippen LogP contribution is -2.21. The summed E-state index contributed by atoms with van der Waals surface area (Å²) in [5.74, 6) is 1.92. The SMILES string of the molecule is COc1ccccc1CCNC(C)c1ccco1. The molecule has 0 aliphatic rings. The fourth-order valence-corrected chi connectivity index (χ4v) is 1.97. The lowest BCUT2D eigenvalue weighted by molar-refractivity contribution is 0.406. The van der Waals surface area contributed by atoms with Crippen molar-refractivity contribution < 1.29 is 9.15 Å². The van der Waals surface area contributed by atoms with E-state index in [0.717, 1.165) is 24.5 Å². The molecule has 2 aromatic rings. The van der Waals surface area contributed by atoms with Crippen molar-refractivity contribution in [1.29, 1.82) is 0 Å². The quantitative estimate of drug-likeness (QED) is 0.848. The van der Waals surface area contributed by atoms with Crippen LogP contribution in [0, 0.1) is 0 Å². The molecule has 0 amide bonds. The molecule has 3 nitrogen and oxygen atoms in total. The minimum atomic E-state index is 0.231. The van der Waals surface area contributed by atoms with E-state index in [2.05, 4.69) is 18.3 Å². The Morgan fingerprint density at radius 3 is 2.78 bits per heavy atom. The molecule has 1 aromatic heterocycles. The van der Waals surface area contributed by atoms with Crippen LogP contribution in [0.3, 0.4) is 0 Å². The zero-order valence-corrected chi connectivity index (χ0v) is 10.8. The fourth-order valence-electron chi connectivity index (χ4n) is 1.97. The highest BCUT2D eigenvalue weighted by atomic mass is 16.5. The molecule has 1 heterocycles. The van der Waals surface area contributed by atoms with Crippen LogP contribution in [0.4, 0.5) is 0 Å². The summed E-state index contributed by atoms with van der Waals surface area (Å²) in [6.07, 6.45) is 2.64. The van der Waals surface area contributed by atoms with Crippen LogP contribution in [0.25, 0.3) is 0 Å². The number of ether oxygens (including phenoxy) is 1. The van der Waals surface area contributed by atoms with Gasteiger partial charge in [-0.2, -0.15) is 0 Å². The number of benzene rings is 1. The number of furan rings is 1. The van der Waals surface area contributed by atoms with Crippen LogP contribution in [0.15, 0.2) is 47.1 Å². The largest absolute Gasteiger partial charge is 0.496 e. The van der Waals surface area contributed by atoms with Crippen molar-refractivity contribution >= 4 is 0 Å². The molecule has 0 saturated carbocycles. The van der Waals surface area contributed by atoms with E-state index >= 15 is 0 Å². The van der Waals surface area contributed by atoms with Gasteiger partial charge in [-0.3, -0.25) is 0 Å². The average Bonchev–Trinajstić information content (AvgIpc) is 2.93. The smallest absolute Gasteiger partial charge is 0.122 e. The predicted octanol–water partition coefficient (Wildman–Crippen LogP) is 3.18. The second-order valence-electron chi connectivity index (χ2n) is 4.25. The Balaban J connectivity index is 1.85. The molecule has 0 fully saturated rings. The van der Waals surface area contributed by atoms with Crippen molar-refractivity contribution in [2.75, 3.05) is 13.7 Å². The minimum absolute atomic E-state index is 0.231. The van der Waals surface area contributed by atoms with E-state index in [4.69, 9.17) is 9.15 Å². The highest BCUT2D eigenvalue weighted by molar-refractivity contribution is 5.33. The lowest BCUT2D eigenvalue weighted by Gasteiger charge is -2.12. The predicted molar refractivity (Wildman–Crippen MR) is 71.8 cm³/mol. The third-order valence-electron chi connectivity index (χ3n) is 3.01. The molecular formula is C15H19NO2. The summed E-state index contributed by atoms with van der Waals surface area (Å²) >= 11 is 0. The maximum atomic E-state index is 5.36. The number of hydrogen-bond acceptors (Lipinski definition) is 3. The Bertz CT molecular complexity index is 465. The van der Waals surface area contributed by atoms with Crippen molar-refractivity contribution in [3.63, 3.8) is 0 Å². The summed E-state index contributed by atoms with van der Waals surface area (Å²) in [5, 5.41) is 3.44. The first-order chi connectivity index (χ1) is 8.81. The summed E-state index contributed by atoms with van der Waals surface area (Å²) in [6, 6.07) is 12.2. The first-order valence-electron chi connectivity index (χ1n) is 6.20. The maximum absolute atomic E-state index is 5.36. The van der Waals surface area contributed by atoms with Gasteiger partial charge in [0.2, 0.25) is 0 Å². The van der Waals surface area contributed by atoms with Crippen molar-refractivity contribution in [3.05, 3.63) is 54.0 Å². The molecule has 0 aliphatic heterocycles. The van der Waals surface area contributed by atoms with Crippen LogP contribution in [0.5, 0.6) is 5.75 Å². The molecule has 18 heavy (non-hydrogen) atoms. The maximum Gasteiger partial charge on any atom is 0.122 e. The third kappa shape index (κ3) is 3.14. The molecule has 1 N–H and O–H groups in total. The molecule has 96 valence electrons. The summed E-state index contributed by atoms with van der Waals surface area (Å²) in [4.78, 5) is 0. The van der Waals surface area contributed by atoms with Crippen molar-refractivity contribution in [2.24, 2.45) is 0 Å². The molecule has 0 bridgehead atoms. The molecule has 2 rings (SSSR count). The van der Waals surface area contributed by atoms with E-state index in [1.165, 1.54) is 5.56 Å². The number of para-hydroxylation sites is 1. The van der Waals surface area contributed by atoms with E-state index in [0.29, 0.717) is 0 Å². The topological polar surface area (TPSA) is 34.4 Å². The van der Waals surface area contributed by atoms with Gasteiger partial charge < -0.3 is 14.5 Å². The molecular weight excluding hydrogens is 226 g/mol. The Morgan fingerprint density at radius 2 is 2.06 bits per heavy atom. The summed E-state index contributed by atoms with van der Waals surface area (Å²) in [5.41, 5.74) is 1.22. The Morgan fingerprint density at radius 1 is 1.22 bits per heavy atom. The zero-order chi connectivity index (χ0) is 12.8. The average molecular weight is 245 g/mol. The van der Waals surface area contributed by atoms with Crippen LogP contribution in [0.2, 0.25) is 0 Å². The number of hydrogen-bond donors (Lipinski definition) is 1. The van der Waals surface area contributed by atoms with Gasteiger partial charge in [0.05, 0.1) is 19.4 Å². The highest BCUT2D eigenvalue weighted by Crippen LogP contribution is 2.18. The summed E-state index contributed by atoms with van der Waals surface area (Å²) in [6.45, 7) is 2.99. The van der Waals surface area contributed by atoms with Gasteiger partial charge in [0.15, 0.2) is 0 Å². The molecule has 1 unspecified atom stereocenters. The zero-order valence-electron chi connectivity index (χ0n) is 10.8. The Hall–Kier alpha value is -1.74. The summed E-state index contributed by atoms with van der Waals surface area (Å²) in [7, 11) is 1.71. The fraction of sp³-hybridized carbons (Fsp3) is 0.333. The first kappa shape index (κ1) is 12.7. The van der Waals surface area contributed by atoms with Gasteiger partial charge in [0.1, 0.15) is 11.5 Å². The molecule has 1 aromatic carbocycles. The molecule has 0 saturated heterocycles. The number of methoxy groups -OCH3 is 1. The van der Waals surface area contributed by atoms with Crippen LogP contribution in [-0.2, 0) is 6.42 Å². The highest BCUT2D eigenvalue weighted by Gasteiger charge is 2.07. The molecule has 0 aliphatic carbocycles. The van der Waals surface area contributed by atoms with Gasteiger partial charge in [-0.05, 0) is 43.7 Å². The second-order valence-corrected chi connectivity index (χ2v) is 4.25. The van der Waals surface area contributed by atoms with Gasteiger partial charge in [-0.1, -0.05) is 18.2 Å². The molecule has 1 atom stereocenters. The Labute approximate surface area is 108 Å². The first-order valence-corrected chi connectivity index (χ1v) is 6.20. The van der Waals surface area contributed by atoms with Crippen molar-refractivity contribution in [3.8, 4) is 5.75 Å². The second kappa shape index (κ2) is 6.26. The van der Waals surface area contributed by atoms with Crippen molar-refractivity contribution in [2.45, 2.75) is 19.4 Å². The van der Waals surface area contributed by atoms with Crippen molar-refractivity contribution in [1.82, 2.24) is 5.32 Å². The standard InChI is InChI=1S/C15H19NO2/c1-12(14-8-5-11-18-14)16-10-9-13-6-3-4-7-15(13)17-2/h3-8,11-12,16H,9-10H2,1-2H3. The number of rotatable bonds is 6. The van der Waals surface area contributed by atoms with E-state index in [1.54, 1.807) is 13.4 Å². The van der Waals surface area contributed by atoms with Crippen LogP contribution < -0.4 is 10.1 Å². The van der Waals surface area contributed by atoms with Gasteiger partial charge in [0.25, 0.3) is 0 Å². The van der Waals surface area contributed by atoms with E-state index < -0.39 is 0 Å². The molecule has 0 spiro atoms. The van der Waals surface area contributed by atoms with Crippen LogP contribution in [-0.4, -0.2) is 13.7 Å². The lowest BCUT2D eigenvalue weighted by atomic mass is 10.1. The molecule has 3 heteroatoms. The monoisotopic (exact) mass is 245 g/mol. The molecule has 0 radical (unpaired) electrons. The number of nitrogens with one attached hydrogen (secondary N) is 1. The minimum Gasteiger partial charge on any atom is -0.496 e. The summed E-state index contributed by atoms with van der Waals surface area (Å²) < 4.78 is 10.7. The van der Waals surface area contributed by atoms with Gasteiger partial charge in [-0.25, -0.2) is 0 Å². The van der Waals surface area contributed by atoms with E-state index in [1.807, 2.05) is 30.3 Å².